The Morgan fingerprint density at radius 2 is 2.06 bits per heavy atom. The zero-order chi connectivity index (χ0) is 13.8. The fourth-order valence-electron chi connectivity index (χ4n) is 1.40. The van der Waals surface area contributed by atoms with E-state index in [1.807, 2.05) is 13.8 Å². The molecule has 0 aliphatic rings. The summed E-state index contributed by atoms with van der Waals surface area (Å²) in [6, 6.07) is 4.49. The molecule has 3 nitrogen and oxygen atoms in total. The van der Waals surface area contributed by atoms with Crippen LogP contribution in [0.4, 0.5) is 4.39 Å². The van der Waals surface area contributed by atoms with Crippen LogP contribution in [0.5, 0.6) is 5.75 Å². The van der Waals surface area contributed by atoms with Crippen LogP contribution in [0.2, 0.25) is 0 Å². The summed E-state index contributed by atoms with van der Waals surface area (Å²) in [7, 11) is 1.64. The fraction of sp³-hybridized carbons (Fsp3) is 0.571. The lowest BCUT2D eigenvalue weighted by Gasteiger charge is -2.22. The number of rotatable bonds is 6. The number of hydrogen-bond donors (Lipinski definition) is 1. The van der Waals surface area contributed by atoms with Crippen LogP contribution in [0, 0.1) is 5.82 Å². The molecule has 4 heteroatoms. The highest BCUT2D eigenvalue weighted by molar-refractivity contribution is 5.30. The average Bonchev–Trinajstić information content (AvgIpc) is 2.31. The molecule has 0 spiro atoms. The van der Waals surface area contributed by atoms with E-state index in [1.54, 1.807) is 20.1 Å². The van der Waals surface area contributed by atoms with E-state index in [1.165, 1.54) is 12.1 Å². The van der Waals surface area contributed by atoms with Crippen LogP contribution in [0.25, 0.3) is 0 Å². The average molecular weight is 256 g/mol. The van der Waals surface area contributed by atoms with E-state index in [4.69, 9.17) is 9.47 Å². The number of benzene rings is 1. The quantitative estimate of drug-likeness (QED) is 0.850. The normalized spacial score (nSPS) is 13.4. The molecule has 0 bridgehead atoms. The molecule has 1 aromatic carbocycles. The third-order valence-electron chi connectivity index (χ3n) is 2.95. The number of methoxy groups -OCH3 is 1. The first-order valence-electron chi connectivity index (χ1n) is 6.01. The minimum absolute atomic E-state index is 0.200. The Labute approximate surface area is 108 Å². The second-order valence-corrected chi connectivity index (χ2v) is 4.93. The summed E-state index contributed by atoms with van der Waals surface area (Å²) < 4.78 is 24.3. The predicted molar refractivity (Wildman–Crippen MR) is 68.2 cm³/mol. The van der Waals surface area contributed by atoms with Crippen LogP contribution >= 0.6 is 0 Å². The Morgan fingerprint density at radius 3 is 2.56 bits per heavy atom. The van der Waals surface area contributed by atoms with Gasteiger partial charge in [-0.05, 0) is 38.5 Å². The summed E-state index contributed by atoms with van der Waals surface area (Å²) in [5, 5.41) is 9.33. The van der Waals surface area contributed by atoms with Crippen molar-refractivity contribution in [3.63, 3.8) is 0 Å². The molecule has 0 amide bonds. The zero-order valence-corrected chi connectivity index (χ0v) is 11.4. The van der Waals surface area contributed by atoms with Crippen LogP contribution in [-0.4, -0.2) is 24.4 Å². The van der Waals surface area contributed by atoms with Gasteiger partial charge in [0.25, 0.3) is 0 Å². The molecular weight excluding hydrogens is 235 g/mol. The molecule has 18 heavy (non-hydrogen) atoms. The molecule has 1 aromatic rings. The summed E-state index contributed by atoms with van der Waals surface area (Å²) in [5.74, 6) is -0.255. The van der Waals surface area contributed by atoms with Crippen LogP contribution < -0.4 is 4.74 Å². The van der Waals surface area contributed by atoms with Gasteiger partial charge in [-0.3, -0.25) is 0 Å². The highest BCUT2D eigenvalue weighted by Gasteiger charge is 2.16. The maximum Gasteiger partial charge on any atom is 0.165 e. The summed E-state index contributed by atoms with van der Waals surface area (Å²) in [6.45, 7) is 5.87. The maximum absolute atomic E-state index is 13.6. The van der Waals surface area contributed by atoms with E-state index in [0.717, 1.165) is 0 Å². The van der Waals surface area contributed by atoms with Crippen molar-refractivity contribution in [2.75, 3.05) is 13.7 Å². The lowest BCUT2D eigenvalue weighted by Crippen LogP contribution is -2.25. The van der Waals surface area contributed by atoms with Crippen molar-refractivity contribution in [1.82, 2.24) is 0 Å². The first kappa shape index (κ1) is 14.9. The van der Waals surface area contributed by atoms with Crippen molar-refractivity contribution in [3.05, 3.63) is 29.6 Å². The molecule has 1 atom stereocenters. The maximum atomic E-state index is 13.6. The SMILES string of the molecule is COC(C)(C)CCOc1ccc([C@H](C)O)cc1F. The van der Waals surface area contributed by atoms with E-state index in [-0.39, 0.29) is 11.4 Å². The summed E-state index contributed by atoms with van der Waals surface area (Å²) in [6.07, 6.45) is -0.0119. The van der Waals surface area contributed by atoms with E-state index in [9.17, 15) is 9.50 Å². The highest BCUT2D eigenvalue weighted by Crippen LogP contribution is 2.23. The van der Waals surface area contributed by atoms with Crippen molar-refractivity contribution in [2.45, 2.75) is 38.9 Å². The molecule has 0 saturated heterocycles. The van der Waals surface area contributed by atoms with Crippen molar-refractivity contribution >= 4 is 0 Å². The van der Waals surface area contributed by atoms with Gasteiger partial charge in [-0.2, -0.15) is 0 Å². The smallest absolute Gasteiger partial charge is 0.165 e. The monoisotopic (exact) mass is 256 g/mol. The third-order valence-corrected chi connectivity index (χ3v) is 2.95. The number of hydrogen-bond acceptors (Lipinski definition) is 3. The van der Waals surface area contributed by atoms with Gasteiger partial charge < -0.3 is 14.6 Å². The van der Waals surface area contributed by atoms with Gasteiger partial charge in [0.05, 0.1) is 18.3 Å². The molecule has 1 rings (SSSR count). The largest absolute Gasteiger partial charge is 0.490 e. The number of ether oxygens (including phenoxy) is 2. The van der Waals surface area contributed by atoms with E-state index >= 15 is 0 Å². The first-order valence-corrected chi connectivity index (χ1v) is 6.01. The Kier molecular flexibility index (Phi) is 5.11. The molecule has 0 fully saturated rings. The molecular formula is C14H21FO3. The molecule has 0 aromatic heterocycles. The highest BCUT2D eigenvalue weighted by atomic mass is 19.1. The van der Waals surface area contributed by atoms with Gasteiger partial charge in [0.2, 0.25) is 0 Å². The molecule has 0 aliphatic heterocycles. The van der Waals surface area contributed by atoms with Gasteiger partial charge >= 0.3 is 0 Å². The Hall–Kier alpha value is -1.13. The second-order valence-electron chi connectivity index (χ2n) is 4.93. The third kappa shape index (κ3) is 4.27. The molecule has 0 saturated carbocycles. The summed E-state index contributed by atoms with van der Waals surface area (Å²) >= 11 is 0. The Balaban J connectivity index is 2.58. The lowest BCUT2D eigenvalue weighted by molar-refractivity contribution is 0.00513. The van der Waals surface area contributed by atoms with Crippen LogP contribution in [0.15, 0.2) is 18.2 Å². The van der Waals surface area contributed by atoms with Crippen LogP contribution in [0.3, 0.4) is 0 Å². The molecule has 1 N–H and O–H groups in total. The van der Waals surface area contributed by atoms with E-state index < -0.39 is 11.9 Å². The van der Waals surface area contributed by atoms with Gasteiger partial charge in [-0.15, -0.1) is 0 Å². The van der Waals surface area contributed by atoms with Gasteiger partial charge in [-0.1, -0.05) is 6.07 Å². The first-order chi connectivity index (χ1) is 8.35. The Bertz CT molecular complexity index is 389. The Morgan fingerprint density at radius 1 is 1.39 bits per heavy atom. The molecule has 0 radical (unpaired) electrons. The van der Waals surface area contributed by atoms with Crippen LogP contribution in [0.1, 0.15) is 38.9 Å². The predicted octanol–water partition coefficient (Wildman–Crippen LogP) is 3.07. The summed E-state index contributed by atoms with van der Waals surface area (Å²) in [4.78, 5) is 0. The fourth-order valence-corrected chi connectivity index (χ4v) is 1.40. The number of halogens is 1. The van der Waals surface area contributed by atoms with Gasteiger partial charge in [0.1, 0.15) is 0 Å². The van der Waals surface area contributed by atoms with Gasteiger partial charge in [0.15, 0.2) is 11.6 Å². The zero-order valence-electron chi connectivity index (χ0n) is 11.4. The second kappa shape index (κ2) is 6.16. The van der Waals surface area contributed by atoms with Gasteiger partial charge in [-0.25, -0.2) is 4.39 Å². The van der Waals surface area contributed by atoms with Crippen molar-refractivity contribution < 1.29 is 19.0 Å². The lowest BCUT2D eigenvalue weighted by atomic mass is 10.1. The van der Waals surface area contributed by atoms with Crippen molar-refractivity contribution in [2.24, 2.45) is 0 Å². The molecule has 102 valence electrons. The van der Waals surface area contributed by atoms with E-state index in [2.05, 4.69) is 0 Å². The molecule has 0 heterocycles. The van der Waals surface area contributed by atoms with Crippen LogP contribution in [-0.2, 0) is 4.74 Å². The standard InChI is InChI=1S/C14H21FO3/c1-10(16)11-5-6-13(12(15)9-11)18-8-7-14(2,3)17-4/h5-6,9-10,16H,7-8H2,1-4H3/t10-/m0/s1. The summed E-state index contributed by atoms with van der Waals surface area (Å²) in [5.41, 5.74) is 0.257. The van der Waals surface area contributed by atoms with E-state index in [0.29, 0.717) is 18.6 Å². The molecule has 0 aliphatic carbocycles. The van der Waals surface area contributed by atoms with Crippen molar-refractivity contribution in [3.8, 4) is 5.75 Å². The number of aliphatic hydroxyl groups is 1. The topological polar surface area (TPSA) is 38.7 Å². The molecule has 0 unspecified atom stereocenters. The minimum Gasteiger partial charge on any atom is -0.490 e. The van der Waals surface area contributed by atoms with Gasteiger partial charge in [0, 0.05) is 13.5 Å². The minimum atomic E-state index is -0.680. The number of aliphatic hydroxyl groups excluding tert-OH is 1. The van der Waals surface area contributed by atoms with Crippen molar-refractivity contribution in [1.29, 1.82) is 0 Å².